The van der Waals surface area contributed by atoms with Gasteiger partial charge in [0.05, 0.1) is 7.11 Å². The number of aromatic nitrogens is 2. The fraction of sp³-hybridized carbons (Fsp3) is 0.750. The molecule has 1 aromatic rings. The van der Waals surface area contributed by atoms with E-state index in [1.165, 1.54) is 32.4 Å². The molecule has 122 valence electrons. The lowest BCUT2D eigenvalue weighted by Crippen LogP contribution is -2.52. The molecule has 6 nitrogen and oxygen atoms in total. The highest BCUT2D eigenvalue weighted by atomic mass is 16.5. The minimum Gasteiger partial charge on any atom is -0.481 e. The number of nitrogens with zero attached hydrogens (tertiary/aromatic N) is 5. The summed E-state index contributed by atoms with van der Waals surface area (Å²) < 4.78 is 5.19. The van der Waals surface area contributed by atoms with Crippen molar-refractivity contribution in [1.82, 2.24) is 19.8 Å². The van der Waals surface area contributed by atoms with Gasteiger partial charge in [-0.25, -0.2) is 4.98 Å². The maximum atomic E-state index is 5.19. The number of rotatable bonds is 4. The lowest BCUT2D eigenvalue weighted by molar-refractivity contribution is 0.124. The highest BCUT2D eigenvalue weighted by Gasteiger charge is 2.25. The van der Waals surface area contributed by atoms with Crippen molar-refractivity contribution in [2.24, 2.45) is 0 Å². The standard InChI is InChI=1S/C16H27N5O/c1-19-8-4-3-5-14(19)13-20-9-11-21(12-10-20)16-17-7-6-15(18-16)22-2/h6-7,14H,3-5,8-13H2,1-2H3. The Morgan fingerprint density at radius 3 is 2.73 bits per heavy atom. The number of anilines is 1. The van der Waals surface area contributed by atoms with Crippen molar-refractivity contribution in [1.29, 1.82) is 0 Å². The van der Waals surface area contributed by atoms with Crippen LogP contribution in [0, 0.1) is 0 Å². The molecule has 2 aliphatic heterocycles. The van der Waals surface area contributed by atoms with Gasteiger partial charge in [-0.3, -0.25) is 4.90 Å². The minimum absolute atomic E-state index is 0.635. The van der Waals surface area contributed by atoms with Crippen LogP contribution in [0.15, 0.2) is 12.3 Å². The van der Waals surface area contributed by atoms with E-state index in [2.05, 4.69) is 31.7 Å². The lowest BCUT2D eigenvalue weighted by atomic mass is 10.0. The third kappa shape index (κ3) is 3.67. The van der Waals surface area contributed by atoms with Gasteiger partial charge in [-0.2, -0.15) is 4.98 Å². The molecule has 0 aliphatic carbocycles. The molecule has 3 heterocycles. The molecule has 0 spiro atoms. The fourth-order valence-electron chi connectivity index (χ4n) is 3.40. The molecular formula is C16H27N5O. The van der Waals surface area contributed by atoms with Crippen molar-refractivity contribution in [2.75, 3.05) is 58.3 Å². The number of hydrogen-bond acceptors (Lipinski definition) is 6. The van der Waals surface area contributed by atoms with Crippen molar-refractivity contribution in [3.05, 3.63) is 12.3 Å². The van der Waals surface area contributed by atoms with Crippen LogP contribution in [0.1, 0.15) is 19.3 Å². The van der Waals surface area contributed by atoms with E-state index in [0.29, 0.717) is 5.88 Å². The van der Waals surface area contributed by atoms with E-state index < -0.39 is 0 Å². The molecule has 1 atom stereocenters. The number of piperidine rings is 1. The Kier molecular flexibility index (Phi) is 5.10. The molecule has 0 saturated carbocycles. The predicted molar refractivity (Wildman–Crippen MR) is 87.5 cm³/mol. The van der Waals surface area contributed by atoms with Crippen molar-refractivity contribution in [2.45, 2.75) is 25.3 Å². The number of ether oxygens (including phenoxy) is 1. The third-order valence-corrected chi connectivity index (χ3v) is 4.87. The highest BCUT2D eigenvalue weighted by Crippen LogP contribution is 2.18. The monoisotopic (exact) mass is 305 g/mol. The van der Waals surface area contributed by atoms with E-state index >= 15 is 0 Å². The van der Waals surface area contributed by atoms with E-state index in [1.54, 1.807) is 19.4 Å². The fourth-order valence-corrected chi connectivity index (χ4v) is 3.40. The van der Waals surface area contributed by atoms with Crippen LogP contribution in [0.2, 0.25) is 0 Å². The molecule has 22 heavy (non-hydrogen) atoms. The summed E-state index contributed by atoms with van der Waals surface area (Å²) in [6.45, 7) is 6.61. The van der Waals surface area contributed by atoms with Crippen LogP contribution < -0.4 is 9.64 Å². The zero-order valence-corrected chi connectivity index (χ0v) is 13.7. The molecule has 1 aromatic heterocycles. The maximum Gasteiger partial charge on any atom is 0.228 e. The van der Waals surface area contributed by atoms with Gasteiger partial charge in [0, 0.05) is 51.0 Å². The number of hydrogen-bond donors (Lipinski definition) is 0. The van der Waals surface area contributed by atoms with Crippen LogP contribution in [0.4, 0.5) is 5.95 Å². The molecule has 2 fully saturated rings. The van der Waals surface area contributed by atoms with Gasteiger partial charge in [-0.05, 0) is 26.4 Å². The molecule has 0 N–H and O–H groups in total. The molecule has 2 aliphatic rings. The molecular weight excluding hydrogens is 278 g/mol. The Morgan fingerprint density at radius 1 is 1.18 bits per heavy atom. The second-order valence-corrected chi connectivity index (χ2v) is 6.32. The molecule has 3 rings (SSSR count). The summed E-state index contributed by atoms with van der Waals surface area (Å²) in [6.07, 6.45) is 5.85. The summed E-state index contributed by atoms with van der Waals surface area (Å²) in [5, 5.41) is 0. The number of piperazine rings is 1. The second kappa shape index (κ2) is 7.24. The van der Waals surface area contributed by atoms with Gasteiger partial charge in [0.15, 0.2) is 0 Å². The molecule has 0 bridgehead atoms. The van der Waals surface area contributed by atoms with Crippen LogP contribution in [0.25, 0.3) is 0 Å². The summed E-state index contributed by atoms with van der Waals surface area (Å²) in [5.41, 5.74) is 0. The minimum atomic E-state index is 0.635. The average molecular weight is 305 g/mol. The quantitative estimate of drug-likeness (QED) is 0.830. The topological polar surface area (TPSA) is 44.7 Å². The van der Waals surface area contributed by atoms with E-state index in [9.17, 15) is 0 Å². The van der Waals surface area contributed by atoms with Crippen LogP contribution in [0.3, 0.4) is 0 Å². The predicted octanol–water partition coefficient (Wildman–Crippen LogP) is 1.09. The molecule has 6 heteroatoms. The molecule has 0 radical (unpaired) electrons. The first-order valence-electron chi connectivity index (χ1n) is 8.31. The van der Waals surface area contributed by atoms with Gasteiger partial charge in [-0.1, -0.05) is 6.42 Å². The van der Waals surface area contributed by atoms with Crippen LogP contribution in [0.5, 0.6) is 5.88 Å². The smallest absolute Gasteiger partial charge is 0.228 e. The van der Waals surface area contributed by atoms with E-state index in [-0.39, 0.29) is 0 Å². The van der Waals surface area contributed by atoms with E-state index in [0.717, 1.165) is 38.2 Å². The second-order valence-electron chi connectivity index (χ2n) is 6.32. The first kappa shape index (κ1) is 15.5. The maximum absolute atomic E-state index is 5.19. The average Bonchev–Trinajstić information content (AvgIpc) is 2.58. The van der Waals surface area contributed by atoms with Crippen molar-refractivity contribution in [3.8, 4) is 5.88 Å². The first-order valence-corrected chi connectivity index (χ1v) is 8.31. The largest absolute Gasteiger partial charge is 0.481 e. The van der Waals surface area contributed by atoms with E-state index in [1.807, 2.05) is 0 Å². The molecule has 1 unspecified atom stereocenters. The van der Waals surface area contributed by atoms with Crippen LogP contribution in [-0.4, -0.2) is 79.2 Å². The van der Waals surface area contributed by atoms with Gasteiger partial charge in [0.25, 0.3) is 0 Å². The Bertz CT molecular complexity index is 475. The summed E-state index contributed by atoms with van der Waals surface area (Å²) in [4.78, 5) is 16.2. The Morgan fingerprint density at radius 2 is 2.00 bits per heavy atom. The summed E-state index contributed by atoms with van der Waals surface area (Å²) in [7, 11) is 3.91. The lowest BCUT2D eigenvalue weighted by Gasteiger charge is -2.40. The number of methoxy groups -OCH3 is 1. The normalized spacial score (nSPS) is 24.5. The zero-order chi connectivity index (χ0) is 15.4. The Balaban J connectivity index is 1.51. The summed E-state index contributed by atoms with van der Waals surface area (Å²) in [6, 6.07) is 2.52. The van der Waals surface area contributed by atoms with E-state index in [4.69, 9.17) is 4.74 Å². The van der Waals surface area contributed by atoms with Crippen LogP contribution in [-0.2, 0) is 0 Å². The zero-order valence-electron chi connectivity index (χ0n) is 13.7. The van der Waals surface area contributed by atoms with Gasteiger partial charge in [-0.15, -0.1) is 0 Å². The van der Waals surface area contributed by atoms with Gasteiger partial charge in [0.2, 0.25) is 11.8 Å². The van der Waals surface area contributed by atoms with Gasteiger partial charge in [0.1, 0.15) is 0 Å². The third-order valence-electron chi connectivity index (χ3n) is 4.87. The van der Waals surface area contributed by atoms with Gasteiger partial charge < -0.3 is 14.5 Å². The molecule has 2 saturated heterocycles. The number of likely N-dealkylation sites (tertiary alicyclic amines) is 1. The SMILES string of the molecule is COc1ccnc(N2CCN(CC3CCCCN3C)CC2)n1. The highest BCUT2D eigenvalue weighted by molar-refractivity contribution is 5.32. The molecule has 0 amide bonds. The number of likely N-dealkylation sites (N-methyl/N-ethyl adjacent to an activating group) is 1. The van der Waals surface area contributed by atoms with Crippen LogP contribution >= 0.6 is 0 Å². The van der Waals surface area contributed by atoms with Crippen molar-refractivity contribution < 1.29 is 4.74 Å². The Labute approximate surface area is 133 Å². The summed E-state index contributed by atoms with van der Waals surface area (Å²) in [5.74, 6) is 1.42. The van der Waals surface area contributed by atoms with Crippen molar-refractivity contribution >= 4 is 5.95 Å². The van der Waals surface area contributed by atoms with Crippen molar-refractivity contribution in [3.63, 3.8) is 0 Å². The molecule has 0 aromatic carbocycles. The Hall–Kier alpha value is -1.40. The summed E-state index contributed by atoms with van der Waals surface area (Å²) >= 11 is 0. The first-order chi connectivity index (χ1) is 10.8. The van der Waals surface area contributed by atoms with Gasteiger partial charge >= 0.3 is 0 Å².